The van der Waals surface area contributed by atoms with E-state index in [-0.39, 0.29) is 37.4 Å². The molecule has 7 rings (SSSR count). The molecule has 2 amide bonds. The second kappa shape index (κ2) is 11.1. The fraction of sp³-hybridized carbons (Fsp3) is 0.394. The molecule has 4 atom stereocenters. The van der Waals surface area contributed by atoms with Crippen LogP contribution in [0.3, 0.4) is 0 Å². The first-order chi connectivity index (χ1) is 23.2. The summed E-state index contributed by atoms with van der Waals surface area (Å²) < 4.78 is 15.7. The number of phenolic OH excluding ortho intramolecular Hbond substituents is 1. The maximum atomic E-state index is 14.1. The summed E-state index contributed by atoms with van der Waals surface area (Å²) >= 11 is 14.4. The summed E-state index contributed by atoms with van der Waals surface area (Å²) in [7, 11) is 5.87. The second-order valence-electron chi connectivity index (χ2n) is 12.6. The lowest BCUT2D eigenvalue weighted by Gasteiger charge is -2.49. The molecule has 2 aromatic heterocycles. The number of aryl methyl sites for hydroxylation is 3. The van der Waals surface area contributed by atoms with Crippen molar-refractivity contribution in [2.45, 2.75) is 54.6 Å². The van der Waals surface area contributed by atoms with Crippen molar-refractivity contribution in [2.24, 2.45) is 7.05 Å². The van der Waals surface area contributed by atoms with Gasteiger partial charge < -0.3 is 19.1 Å². The van der Waals surface area contributed by atoms with Crippen molar-refractivity contribution >= 4 is 46.0 Å². The molecule has 16 heteroatoms. The molecule has 49 heavy (non-hydrogen) atoms. The molecule has 2 aromatic carbocycles. The quantitative estimate of drug-likeness (QED) is 0.179. The fourth-order valence-corrected chi connectivity index (χ4v) is 8.57. The van der Waals surface area contributed by atoms with E-state index in [1.165, 1.54) is 41.3 Å². The standard InChI is InChI=1S/C33H32Cl2N6O8/c1-16-12-17(6-7-23(16)42)26-18-8-11-40-30(46)39(31(47)41(40)22(18)15-32(34)28(44)38(3)29(45)33(26,32)35)10-9-19-27(43)37(2)21-14-25(49-5)24(48-4)13-20(21)36-19/h6-8,12-14,22,26,42H,9-11,15H2,1-5H3/t22-,26+,32-,33+/m1/s1. The zero-order valence-electron chi connectivity index (χ0n) is 27.2. The SMILES string of the molecule is COc1cc2nc(CCn3c(=O)n4n(c3=O)[C@@H]3C[C@@]5(Cl)C(=O)N(C)C(=O)[C@@]5(Cl)[C@@H](c5ccc(O)c(C)c5)C3=CC4)c(=O)n(C)c2cc1OC. The largest absolute Gasteiger partial charge is 0.508 e. The number of rotatable bonds is 6. The third-order valence-corrected chi connectivity index (χ3v) is 11.5. The molecule has 1 saturated carbocycles. The van der Waals surface area contributed by atoms with E-state index in [9.17, 15) is 29.1 Å². The van der Waals surface area contributed by atoms with Crippen molar-refractivity contribution in [3.63, 3.8) is 0 Å². The Morgan fingerprint density at radius 3 is 2.35 bits per heavy atom. The summed E-state index contributed by atoms with van der Waals surface area (Å²) in [6, 6.07) is 7.10. The molecule has 0 spiro atoms. The molecule has 0 bridgehead atoms. The minimum atomic E-state index is -1.97. The highest BCUT2D eigenvalue weighted by molar-refractivity contribution is 6.53. The van der Waals surface area contributed by atoms with Gasteiger partial charge >= 0.3 is 11.4 Å². The van der Waals surface area contributed by atoms with Gasteiger partial charge in [-0.2, -0.15) is 0 Å². The van der Waals surface area contributed by atoms with Gasteiger partial charge in [-0.25, -0.2) is 28.5 Å². The molecule has 0 unspecified atom stereocenters. The summed E-state index contributed by atoms with van der Waals surface area (Å²) in [6.45, 7) is 1.49. The van der Waals surface area contributed by atoms with Gasteiger partial charge in [0.1, 0.15) is 11.4 Å². The van der Waals surface area contributed by atoms with Gasteiger partial charge in [0.05, 0.1) is 37.8 Å². The Morgan fingerprint density at radius 1 is 0.980 bits per heavy atom. The van der Waals surface area contributed by atoms with Crippen LogP contribution in [0.5, 0.6) is 17.2 Å². The Hall–Kier alpha value is -4.82. The van der Waals surface area contributed by atoms with E-state index in [4.69, 9.17) is 32.7 Å². The smallest absolute Gasteiger partial charge is 0.347 e. The number of alkyl halides is 2. The van der Waals surface area contributed by atoms with E-state index >= 15 is 0 Å². The Morgan fingerprint density at radius 2 is 1.67 bits per heavy atom. The minimum Gasteiger partial charge on any atom is -0.508 e. The Balaban J connectivity index is 1.31. The van der Waals surface area contributed by atoms with Crippen LogP contribution in [-0.2, 0) is 36.1 Å². The molecular weight excluding hydrogens is 679 g/mol. The molecule has 2 aliphatic heterocycles. The molecule has 2 fully saturated rings. The molecule has 4 aromatic rings. The number of aromatic nitrogens is 5. The van der Waals surface area contributed by atoms with Crippen molar-refractivity contribution in [2.75, 3.05) is 21.3 Å². The molecule has 1 N–H and O–H groups in total. The highest BCUT2D eigenvalue weighted by Gasteiger charge is 2.74. The first kappa shape index (κ1) is 32.7. The number of carbonyl (C=O) groups is 2. The highest BCUT2D eigenvalue weighted by Crippen LogP contribution is 2.63. The maximum absolute atomic E-state index is 14.1. The normalized spacial score (nSPS) is 24.5. The van der Waals surface area contributed by atoms with Gasteiger partial charge in [-0.1, -0.05) is 18.2 Å². The van der Waals surface area contributed by atoms with Crippen LogP contribution in [0.2, 0.25) is 0 Å². The van der Waals surface area contributed by atoms with Gasteiger partial charge in [-0.05, 0) is 29.7 Å². The van der Waals surface area contributed by atoms with Crippen molar-refractivity contribution in [3.05, 3.63) is 90.1 Å². The van der Waals surface area contributed by atoms with Gasteiger partial charge in [0.2, 0.25) is 0 Å². The number of hydrogen-bond donors (Lipinski definition) is 1. The molecule has 4 heterocycles. The molecule has 0 radical (unpaired) electrons. The number of ether oxygens (including phenoxy) is 2. The third kappa shape index (κ3) is 4.32. The fourth-order valence-electron chi connectivity index (χ4n) is 7.57. The molecule has 14 nitrogen and oxygen atoms in total. The summed E-state index contributed by atoms with van der Waals surface area (Å²) in [6.07, 6.45) is 1.45. The highest BCUT2D eigenvalue weighted by atomic mass is 35.5. The van der Waals surface area contributed by atoms with Gasteiger partial charge in [-0.3, -0.25) is 19.3 Å². The number of nitrogens with zero attached hydrogens (tertiary/aromatic N) is 6. The van der Waals surface area contributed by atoms with E-state index in [2.05, 4.69) is 4.98 Å². The molecule has 256 valence electrons. The number of fused-ring (bicyclic) bond motifs is 5. The number of carbonyl (C=O) groups excluding carboxylic acids is 2. The van der Waals surface area contributed by atoms with Crippen molar-refractivity contribution in [1.82, 2.24) is 28.4 Å². The first-order valence-electron chi connectivity index (χ1n) is 15.4. The lowest BCUT2D eigenvalue weighted by Crippen LogP contribution is -2.59. The predicted molar refractivity (Wildman–Crippen MR) is 179 cm³/mol. The van der Waals surface area contributed by atoms with Gasteiger partial charge in [0.15, 0.2) is 21.2 Å². The van der Waals surface area contributed by atoms with Crippen LogP contribution >= 0.6 is 23.2 Å². The van der Waals surface area contributed by atoms with E-state index in [0.717, 1.165) is 9.47 Å². The lowest BCUT2D eigenvalue weighted by molar-refractivity contribution is -0.137. The number of hydrogen-bond acceptors (Lipinski definition) is 9. The predicted octanol–water partition coefficient (Wildman–Crippen LogP) is 1.95. The second-order valence-corrected chi connectivity index (χ2v) is 13.8. The number of halogens is 2. The van der Waals surface area contributed by atoms with Crippen LogP contribution < -0.4 is 26.4 Å². The summed E-state index contributed by atoms with van der Waals surface area (Å²) in [5.41, 5.74) is 0.944. The number of likely N-dealkylation sites (tertiary alicyclic amines) is 1. The monoisotopic (exact) mass is 710 g/mol. The van der Waals surface area contributed by atoms with E-state index in [0.29, 0.717) is 39.2 Å². The Labute approximate surface area is 288 Å². The number of phenols is 1. The Bertz CT molecular complexity index is 2340. The van der Waals surface area contributed by atoms with Crippen LogP contribution in [0.1, 0.15) is 35.2 Å². The molecule has 1 aliphatic carbocycles. The minimum absolute atomic E-state index is 0.0252. The number of imide groups is 1. The topological polar surface area (TPSA) is 160 Å². The van der Waals surface area contributed by atoms with Gasteiger partial charge in [0.25, 0.3) is 17.4 Å². The van der Waals surface area contributed by atoms with E-state index in [1.54, 1.807) is 44.3 Å². The van der Waals surface area contributed by atoms with Crippen LogP contribution in [0.25, 0.3) is 11.0 Å². The van der Waals surface area contributed by atoms with Crippen molar-refractivity contribution in [1.29, 1.82) is 0 Å². The third-order valence-electron chi connectivity index (χ3n) is 10.1. The van der Waals surface area contributed by atoms with Gasteiger partial charge in [-0.15, -0.1) is 23.2 Å². The van der Waals surface area contributed by atoms with Crippen LogP contribution in [0.15, 0.2) is 56.4 Å². The average molecular weight is 712 g/mol. The van der Waals surface area contributed by atoms with E-state index < -0.39 is 50.5 Å². The zero-order valence-corrected chi connectivity index (χ0v) is 28.7. The number of aromatic hydroxyl groups is 1. The molecular formula is C33H32Cl2N6O8. The average Bonchev–Trinajstić information content (AvgIpc) is 3.40. The summed E-state index contributed by atoms with van der Waals surface area (Å²) in [4.78, 5) is 70.1. The number of allylic oxidation sites excluding steroid dienone is 2. The number of methoxy groups -OCH3 is 2. The van der Waals surface area contributed by atoms with Crippen LogP contribution in [-0.4, -0.2) is 76.3 Å². The molecule has 3 aliphatic rings. The molecule has 1 saturated heterocycles. The lowest BCUT2D eigenvalue weighted by atomic mass is 9.64. The van der Waals surface area contributed by atoms with Crippen LogP contribution in [0.4, 0.5) is 0 Å². The number of benzene rings is 2. The zero-order chi connectivity index (χ0) is 35.3. The summed E-state index contributed by atoms with van der Waals surface area (Å²) in [5.74, 6) is -1.50. The van der Waals surface area contributed by atoms with Crippen LogP contribution in [0, 0.1) is 6.92 Å². The van der Waals surface area contributed by atoms with Crippen molar-refractivity contribution < 1.29 is 24.2 Å². The van der Waals surface area contributed by atoms with Gasteiger partial charge in [0, 0.05) is 51.5 Å². The van der Waals surface area contributed by atoms with E-state index in [1.807, 2.05) is 0 Å². The Kier molecular flexibility index (Phi) is 7.41. The van der Waals surface area contributed by atoms with Crippen molar-refractivity contribution in [3.8, 4) is 17.2 Å². The first-order valence-corrected chi connectivity index (χ1v) is 16.2. The maximum Gasteiger partial charge on any atom is 0.347 e. The summed E-state index contributed by atoms with van der Waals surface area (Å²) in [5, 5.41) is 10.2. The number of amides is 2.